The second-order valence-electron chi connectivity index (χ2n) is 3.37. The Morgan fingerprint density at radius 3 is 2.08 bits per heavy atom. The van der Waals surface area contributed by atoms with E-state index in [9.17, 15) is 0 Å². The SMILES string of the molecule is Cc1cc(Cl)c(C(C)C)c(Cl)c1Cl. The molecular formula is C10H11Cl3. The Balaban J connectivity index is 3.44. The maximum atomic E-state index is 6.08. The number of hydrogen-bond acceptors (Lipinski definition) is 0. The Morgan fingerprint density at radius 2 is 1.62 bits per heavy atom. The fourth-order valence-electron chi connectivity index (χ4n) is 1.26. The molecule has 13 heavy (non-hydrogen) atoms. The van der Waals surface area contributed by atoms with Crippen LogP contribution in [-0.4, -0.2) is 0 Å². The minimum Gasteiger partial charge on any atom is -0.0840 e. The summed E-state index contributed by atoms with van der Waals surface area (Å²) in [7, 11) is 0. The number of aryl methyl sites for hydroxylation is 1. The molecule has 0 aliphatic rings. The van der Waals surface area contributed by atoms with Gasteiger partial charge < -0.3 is 0 Å². The molecule has 0 spiro atoms. The monoisotopic (exact) mass is 236 g/mol. The maximum absolute atomic E-state index is 6.08. The molecule has 0 aliphatic carbocycles. The topological polar surface area (TPSA) is 0 Å². The molecule has 0 fully saturated rings. The Bertz CT molecular complexity index is 329. The third kappa shape index (κ3) is 2.12. The van der Waals surface area contributed by atoms with Crippen molar-refractivity contribution in [1.29, 1.82) is 0 Å². The van der Waals surface area contributed by atoms with Crippen LogP contribution in [0.25, 0.3) is 0 Å². The average Bonchev–Trinajstić information content (AvgIpc) is 1.99. The summed E-state index contributed by atoms with van der Waals surface area (Å²) < 4.78 is 0. The van der Waals surface area contributed by atoms with E-state index in [1.54, 1.807) is 0 Å². The predicted molar refractivity (Wildman–Crippen MR) is 60.3 cm³/mol. The van der Waals surface area contributed by atoms with Gasteiger partial charge in [-0.25, -0.2) is 0 Å². The molecule has 0 heterocycles. The first-order valence-corrected chi connectivity index (χ1v) is 5.22. The summed E-state index contributed by atoms with van der Waals surface area (Å²) in [6.07, 6.45) is 0. The zero-order valence-electron chi connectivity index (χ0n) is 7.79. The van der Waals surface area contributed by atoms with Crippen LogP contribution in [-0.2, 0) is 0 Å². The fraction of sp³-hybridized carbons (Fsp3) is 0.400. The lowest BCUT2D eigenvalue weighted by Crippen LogP contribution is -1.93. The molecule has 0 amide bonds. The van der Waals surface area contributed by atoms with Gasteiger partial charge in [-0.1, -0.05) is 48.7 Å². The van der Waals surface area contributed by atoms with Gasteiger partial charge in [-0.2, -0.15) is 0 Å². The molecule has 1 aromatic carbocycles. The van der Waals surface area contributed by atoms with E-state index in [1.807, 2.05) is 26.8 Å². The van der Waals surface area contributed by atoms with Crippen molar-refractivity contribution < 1.29 is 0 Å². The molecule has 0 N–H and O–H groups in total. The van der Waals surface area contributed by atoms with Gasteiger partial charge in [0, 0.05) is 5.02 Å². The molecule has 0 radical (unpaired) electrons. The highest BCUT2D eigenvalue weighted by molar-refractivity contribution is 6.44. The Kier molecular flexibility index (Phi) is 3.50. The second kappa shape index (κ2) is 4.08. The molecule has 0 aliphatic heterocycles. The van der Waals surface area contributed by atoms with Crippen LogP contribution in [0.4, 0.5) is 0 Å². The quantitative estimate of drug-likeness (QED) is 0.598. The van der Waals surface area contributed by atoms with Gasteiger partial charge in [0.2, 0.25) is 0 Å². The highest BCUT2D eigenvalue weighted by Gasteiger charge is 2.14. The molecule has 0 atom stereocenters. The van der Waals surface area contributed by atoms with Crippen LogP contribution in [0.15, 0.2) is 6.07 Å². The van der Waals surface area contributed by atoms with E-state index in [-0.39, 0.29) is 5.92 Å². The van der Waals surface area contributed by atoms with Crippen LogP contribution in [0.1, 0.15) is 30.9 Å². The van der Waals surface area contributed by atoms with Crippen molar-refractivity contribution in [2.45, 2.75) is 26.7 Å². The fourth-order valence-corrected chi connectivity index (χ4v) is 2.41. The summed E-state index contributed by atoms with van der Waals surface area (Å²) in [5.74, 6) is 0.290. The molecule has 0 bridgehead atoms. The smallest absolute Gasteiger partial charge is 0.0644 e. The molecule has 0 saturated carbocycles. The van der Waals surface area contributed by atoms with Crippen LogP contribution in [0.2, 0.25) is 15.1 Å². The summed E-state index contributed by atoms with van der Waals surface area (Å²) >= 11 is 18.1. The van der Waals surface area contributed by atoms with Crippen molar-refractivity contribution in [1.82, 2.24) is 0 Å². The summed E-state index contributed by atoms with van der Waals surface area (Å²) in [5.41, 5.74) is 1.85. The number of rotatable bonds is 1. The van der Waals surface area contributed by atoms with Crippen LogP contribution < -0.4 is 0 Å². The highest BCUT2D eigenvalue weighted by atomic mass is 35.5. The molecule has 3 heteroatoms. The molecule has 0 saturated heterocycles. The molecular weight excluding hydrogens is 226 g/mol. The average molecular weight is 238 g/mol. The van der Waals surface area contributed by atoms with Gasteiger partial charge in [0.25, 0.3) is 0 Å². The second-order valence-corrected chi connectivity index (χ2v) is 4.53. The van der Waals surface area contributed by atoms with Crippen LogP contribution in [0.3, 0.4) is 0 Å². The lowest BCUT2D eigenvalue weighted by molar-refractivity contribution is 0.866. The van der Waals surface area contributed by atoms with Gasteiger partial charge in [0.1, 0.15) is 0 Å². The first kappa shape index (κ1) is 11.2. The van der Waals surface area contributed by atoms with E-state index in [4.69, 9.17) is 34.8 Å². The summed E-state index contributed by atoms with van der Waals surface area (Å²) in [4.78, 5) is 0. The molecule has 1 aromatic rings. The van der Waals surface area contributed by atoms with E-state index < -0.39 is 0 Å². The predicted octanol–water partition coefficient (Wildman–Crippen LogP) is 5.08. The zero-order valence-corrected chi connectivity index (χ0v) is 10.1. The van der Waals surface area contributed by atoms with Crippen molar-refractivity contribution in [3.8, 4) is 0 Å². The molecule has 72 valence electrons. The van der Waals surface area contributed by atoms with Crippen LogP contribution >= 0.6 is 34.8 Å². The molecule has 0 nitrogen and oxygen atoms in total. The van der Waals surface area contributed by atoms with E-state index in [1.165, 1.54) is 0 Å². The minimum atomic E-state index is 0.290. The lowest BCUT2D eigenvalue weighted by atomic mass is 10.0. The number of hydrogen-bond donors (Lipinski definition) is 0. The molecule has 0 aromatic heterocycles. The Morgan fingerprint density at radius 1 is 1.08 bits per heavy atom. The van der Waals surface area contributed by atoms with Crippen molar-refractivity contribution in [2.24, 2.45) is 0 Å². The van der Waals surface area contributed by atoms with Gasteiger partial charge in [0.15, 0.2) is 0 Å². The zero-order chi connectivity index (χ0) is 10.2. The minimum absolute atomic E-state index is 0.290. The largest absolute Gasteiger partial charge is 0.0840 e. The van der Waals surface area contributed by atoms with E-state index in [2.05, 4.69) is 0 Å². The first-order valence-electron chi connectivity index (χ1n) is 4.09. The third-order valence-corrected chi connectivity index (χ3v) is 3.24. The van der Waals surface area contributed by atoms with Crippen molar-refractivity contribution in [2.75, 3.05) is 0 Å². The standard InChI is InChI=1S/C10H11Cl3/c1-5(2)8-7(11)4-6(3)9(12)10(8)13/h4-5H,1-3H3. The normalized spacial score (nSPS) is 11.0. The molecule has 1 rings (SSSR count). The number of halogens is 3. The summed E-state index contributed by atoms with van der Waals surface area (Å²) in [5, 5.41) is 1.89. The van der Waals surface area contributed by atoms with Gasteiger partial charge in [-0.15, -0.1) is 0 Å². The van der Waals surface area contributed by atoms with Crippen LogP contribution in [0, 0.1) is 6.92 Å². The Hall–Kier alpha value is 0.0900. The van der Waals surface area contributed by atoms with Crippen molar-refractivity contribution in [3.05, 3.63) is 32.3 Å². The van der Waals surface area contributed by atoms with E-state index >= 15 is 0 Å². The summed E-state index contributed by atoms with van der Waals surface area (Å²) in [6, 6.07) is 1.85. The maximum Gasteiger partial charge on any atom is 0.0644 e. The van der Waals surface area contributed by atoms with Gasteiger partial charge >= 0.3 is 0 Å². The van der Waals surface area contributed by atoms with E-state index in [0.29, 0.717) is 15.1 Å². The van der Waals surface area contributed by atoms with E-state index in [0.717, 1.165) is 11.1 Å². The van der Waals surface area contributed by atoms with Gasteiger partial charge in [-0.3, -0.25) is 0 Å². The first-order chi connectivity index (χ1) is 5.95. The highest BCUT2D eigenvalue weighted by Crippen LogP contribution is 2.38. The number of benzene rings is 1. The summed E-state index contributed by atoms with van der Waals surface area (Å²) in [6.45, 7) is 5.97. The Labute approximate surface area is 93.8 Å². The molecule has 0 unspecified atom stereocenters. The van der Waals surface area contributed by atoms with Gasteiger partial charge in [0.05, 0.1) is 10.0 Å². The third-order valence-electron chi connectivity index (χ3n) is 1.95. The lowest BCUT2D eigenvalue weighted by Gasteiger charge is -2.13. The van der Waals surface area contributed by atoms with Gasteiger partial charge in [-0.05, 0) is 30.0 Å². The van der Waals surface area contributed by atoms with Crippen molar-refractivity contribution in [3.63, 3.8) is 0 Å². The van der Waals surface area contributed by atoms with Crippen molar-refractivity contribution >= 4 is 34.8 Å². The van der Waals surface area contributed by atoms with Crippen LogP contribution in [0.5, 0.6) is 0 Å².